The molecule has 0 amide bonds. The molecule has 0 rings (SSSR count). The van der Waals surface area contributed by atoms with Gasteiger partial charge in [-0.15, -0.1) is 0 Å². The molecule has 0 aromatic carbocycles. The lowest BCUT2D eigenvalue weighted by atomic mass is 10.3. The smallest absolute Gasteiger partial charge is 0.520 e. The van der Waals surface area contributed by atoms with Crippen LogP contribution in [0.2, 0.25) is 39.3 Å². The third-order valence-corrected chi connectivity index (χ3v) is 2.91. The summed E-state index contributed by atoms with van der Waals surface area (Å²) in [4.78, 5) is 0. The van der Waals surface area contributed by atoms with Gasteiger partial charge in [0.15, 0.2) is 16.6 Å². The van der Waals surface area contributed by atoms with Gasteiger partial charge in [0.25, 0.3) is 0 Å². The first kappa shape index (κ1) is 14.0. The Morgan fingerprint density at radius 2 is 1.29 bits per heavy atom. The molecule has 0 aromatic heterocycles. The molecule has 0 spiro atoms. The number of hydrogen-bond donors (Lipinski definition) is 0. The van der Waals surface area contributed by atoms with Gasteiger partial charge >= 0.3 is 7.32 Å². The summed E-state index contributed by atoms with van der Waals surface area (Å²) in [6, 6.07) is 0. The Morgan fingerprint density at radius 3 is 1.50 bits per heavy atom. The lowest BCUT2D eigenvalue weighted by Crippen LogP contribution is -2.44. The van der Waals surface area contributed by atoms with E-state index in [1.807, 2.05) is 0 Å². The van der Waals surface area contributed by atoms with Crippen LogP contribution in [0.3, 0.4) is 0 Å². The second-order valence-electron chi connectivity index (χ2n) is 5.05. The van der Waals surface area contributed by atoms with Gasteiger partial charge in [0.1, 0.15) is 0 Å². The lowest BCUT2D eigenvalue weighted by Gasteiger charge is -2.26. The maximum absolute atomic E-state index is 5.71. The molecule has 3 nitrogen and oxygen atoms in total. The summed E-state index contributed by atoms with van der Waals surface area (Å²) < 4.78 is 16.6. The van der Waals surface area contributed by atoms with Crippen molar-refractivity contribution >= 4 is 24.0 Å². The summed E-state index contributed by atoms with van der Waals surface area (Å²) >= 11 is 0. The van der Waals surface area contributed by atoms with E-state index < -0.39 is 24.0 Å². The van der Waals surface area contributed by atoms with Gasteiger partial charge in [0.05, 0.1) is 6.26 Å². The summed E-state index contributed by atoms with van der Waals surface area (Å²) in [5.74, 6) is 0. The van der Waals surface area contributed by atoms with Crippen LogP contribution in [0.15, 0.2) is 12.8 Å². The molecule has 0 aliphatic heterocycles. The van der Waals surface area contributed by atoms with E-state index in [9.17, 15) is 0 Å². The normalized spacial score (nSPS) is 12.4. The van der Waals surface area contributed by atoms with Gasteiger partial charge in [-0.2, -0.15) is 0 Å². The Labute approximate surface area is 89.9 Å². The second kappa shape index (κ2) is 5.16. The molecule has 14 heavy (non-hydrogen) atoms. The van der Waals surface area contributed by atoms with Crippen LogP contribution in [-0.4, -0.2) is 24.0 Å². The minimum Gasteiger partial charge on any atom is -0.520 e. The van der Waals surface area contributed by atoms with Crippen LogP contribution in [-0.2, 0) is 13.3 Å². The largest absolute Gasteiger partial charge is 0.690 e. The zero-order valence-electron chi connectivity index (χ0n) is 10.1. The van der Waals surface area contributed by atoms with Crippen LogP contribution < -0.4 is 0 Å². The molecule has 0 aromatic rings. The first-order chi connectivity index (χ1) is 6.14. The Bertz CT molecular complexity index is 170. The molecule has 0 atom stereocenters. The second-order valence-corrected chi connectivity index (χ2v) is 14.0. The van der Waals surface area contributed by atoms with Crippen molar-refractivity contribution < 1.29 is 13.3 Å². The third kappa shape index (κ3) is 8.55. The fourth-order valence-electron chi connectivity index (χ4n) is 0.736. The minimum atomic E-state index is -1.63. The molecular formula is C8H21BO3Si2. The molecule has 0 fully saturated rings. The predicted octanol–water partition coefficient (Wildman–Crippen LogP) is 2.83. The highest BCUT2D eigenvalue weighted by atomic mass is 28.4. The van der Waals surface area contributed by atoms with Gasteiger partial charge < -0.3 is 13.3 Å². The quantitative estimate of drug-likeness (QED) is 0.520. The maximum atomic E-state index is 5.71. The van der Waals surface area contributed by atoms with Crippen LogP contribution in [0.4, 0.5) is 0 Å². The molecule has 0 aliphatic rings. The number of hydrogen-bond acceptors (Lipinski definition) is 3. The minimum absolute atomic E-state index is 0.578. The van der Waals surface area contributed by atoms with Crippen molar-refractivity contribution in [2.45, 2.75) is 39.3 Å². The zero-order chi connectivity index (χ0) is 11.4. The highest BCUT2D eigenvalue weighted by Gasteiger charge is 2.34. The van der Waals surface area contributed by atoms with Crippen molar-refractivity contribution in [3.05, 3.63) is 12.8 Å². The van der Waals surface area contributed by atoms with E-state index >= 15 is 0 Å². The lowest BCUT2D eigenvalue weighted by molar-refractivity contribution is 0.272. The maximum Gasteiger partial charge on any atom is 0.690 e. The summed E-state index contributed by atoms with van der Waals surface area (Å²) in [6.45, 7) is 16.1. The summed E-state index contributed by atoms with van der Waals surface area (Å²) in [6.07, 6.45) is 1.37. The molecule has 82 valence electrons. The van der Waals surface area contributed by atoms with E-state index in [0.717, 1.165) is 0 Å². The van der Waals surface area contributed by atoms with E-state index in [1.165, 1.54) is 6.26 Å². The fourth-order valence-corrected chi connectivity index (χ4v) is 2.19. The van der Waals surface area contributed by atoms with Crippen LogP contribution >= 0.6 is 0 Å². The Balaban J connectivity index is 4.23. The van der Waals surface area contributed by atoms with Crippen molar-refractivity contribution in [3.63, 3.8) is 0 Å². The monoisotopic (exact) mass is 232 g/mol. The van der Waals surface area contributed by atoms with Crippen molar-refractivity contribution in [2.24, 2.45) is 0 Å². The Kier molecular flexibility index (Phi) is 5.14. The Hall–Kier alpha value is -0.0413. The van der Waals surface area contributed by atoms with Crippen LogP contribution in [0.25, 0.3) is 0 Å². The van der Waals surface area contributed by atoms with Crippen LogP contribution in [0.1, 0.15) is 0 Å². The molecule has 0 saturated heterocycles. The molecule has 0 N–H and O–H groups in total. The first-order valence-electron chi connectivity index (χ1n) is 4.76. The van der Waals surface area contributed by atoms with Gasteiger partial charge in [-0.25, -0.2) is 0 Å². The highest BCUT2D eigenvalue weighted by molar-refractivity contribution is 6.79. The first-order valence-corrected chi connectivity index (χ1v) is 11.6. The molecule has 0 saturated carbocycles. The van der Waals surface area contributed by atoms with Crippen LogP contribution in [0.5, 0.6) is 0 Å². The summed E-state index contributed by atoms with van der Waals surface area (Å²) in [7, 11) is -3.84. The van der Waals surface area contributed by atoms with Crippen molar-refractivity contribution in [3.8, 4) is 0 Å². The van der Waals surface area contributed by atoms with E-state index in [-0.39, 0.29) is 0 Å². The van der Waals surface area contributed by atoms with E-state index in [4.69, 9.17) is 13.3 Å². The van der Waals surface area contributed by atoms with Gasteiger partial charge in [-0.3, -0.25) is 0 Å². The van der Waals surface area contributed by atoms with Gasteiger partial charge in [0, 0.05) is 0 Å². The SMILES string of the molecule is C=COB(O[Si](C)(C)C)O[Si](C)(C)C. The molecule has 0 bridgehead atoms. The third-order valence-electron chi connectivity index (χ3n) is 1.11. The average molecular weight is 232 g/mol. The van der Waals surface area contributed by atoms with Crippen molar-refractivity contribution in [2.75, 3.05) is 0 Å². The van der Waals surface area contributed by atoms with Crippen LogP contribution in [0, 0.1) is 0 Å². The standard InChI is InChI=1S/C8H21BO3Si2/c1-8-10-9(11-13(2,3)4)12-14(5,6)7/h8H,1H2,2-7H3. The zero-order valence-corrected chi connectivity index (χ0v) is 12.1. The summed E-state index contributed by atoms with van der Waals surface area (Å²) in [5, 5.41) is 0. The van der Waals surface area contributed by atoms with Crippen molar-refractivity contribution in [1.82, 2.24) is 0 Å². The van der Waals surface area contributed by atoms with E-state index in [1.54, 1.807) is 0 Å². The Morgan fingerprint density at radius 1 is 0.929 bits per heavy atom. The highest BCUT2D eigenvalue weighted by Crippen LogP contribution is 2.12. The predicted molar refractivity (Wildman–Crippen MR) is 65.9 cm³/mol. The van der Waals surface area contributed by atoms with Gasteiger partial charge in [-0.1, -0.05) is 6.58 Å². The van der Waals surface area contributed by atoms with Gasteiger partial charge in [0.2, 0.25) is 0 Å². The molecule has 0 heterocycles. The fraction of sp³-hybridized carbons (Fsp3) is 0.750. The topological polar surface area (TPSA) is 27.7 Å². The molecule has 0 aliphatic carbocycles. The van der Waals surface area contributed by atoms with E-state index in [0.29, 0.717) is 0 Å². The molecule has 0 radical (unpaired) electrons. The van der Waals surface area contributed by atoms with Gasteiger partial charge in [-0.05, 0) is 39.3 Å². The van der Waals surface area contributed by atoms with E-state index in [2.05, 4.69) is 45.9 Å². The molecular weight excluding hydrogens is 211 g/mol. The van der Waals surface area contributed by atoms with Crippen molar-refractivity contribution in [1.29, 1.82) is 0 Å². The average Bonchev–Trinajstić information content (AvgIpc) is 1.78. The summed E-state index contributed by atoms with van der Waals surface area (Å²) in [5.41, 5.74) is 0. The number of rotatable bonds is 6. The molecule has 0 unspecified atom stereocenters. The molecule has 6 heteroatoms.